The molecule has 0 saturated carbocycles. The van der Waals surface area contributed by atoms with E-state index in [2.05, 4.69) is 27.7 Å². The van der Waals surface area contributed by atoms with E-state index in [1.807, 2.05) is 0 Å². The van der Waals surface area contributed by atoms with Crippen LogP contribution in [0.1, 0.15) is 20.8 Å². The molecule has 0 heterocycles. The van der Waals surface area contributed by atoms with Gasteiger partial charge in [-0.05, 0) is 0 Å². The van der Waals surface area contributed by atoms with Crippen molar-refractivity contribution in [1.82, 2.24) is 0 Å². The van der Waals surface area contributed by atoms with Gasteiger partial charge in [-0.25, -0.2) is 0 Å². The Labute approximate surface area is 79.0 Å². The van der Waals surface area contributed by atoms with Gasteiger partial charge in [0.05, 0.1) is 0 Å². The van der Waals surface area contributed by atoms with E-state index in [-0.39, 0.29) is 18.9 Å². The summed E-state index contributed by atoms with van der Waals surface area (Å²) in [5.74, 6) is 0. The summed E-state index contributed by atoms with van der Waals surface area (Å²) in [6.07, 6.45) is 0. The van der Waals surface area contributed by atoms with Crippen LogP contribution in [0.2, 0.25) is 24.2 Å². The summed E-state index contributed by atoms with van der Waals surface area (Å²) >= 11 is 0. The minimum Gasteiger partial charge on any atom is -0.346 e. The Bertz CT molecular complexity index is 52.1. The largest absolute Gasteiger partial charge is 1.00 e. The molecule has 0 bridgehead atoms. The van der Waals surface area contributed by atoms with E-state index in [0.29, 0.717) is 0 Å². The van der Waals surface area contributed by atoms with Crippen LogP contribution in [-0.4, -0.2) is 8.07 Å². The molecule has 0 fully saturated rings. The van der Waals surface area contributed by atoms with Gasteiger partial charge in [-0.3, -0.25) is 0 Å². The second-order valence-electron chi connectivity index (χ2n) is 2.81. The van der Waals surface area contributed by atoms with Gasteiger partial charge in [0, 0.05) is 8.07 Å². The third-order valence-corrected chi connectivity index (χ3v) is 8.34. The molecule has 0 spiro atoms. The second-order valence-corrected chi connectivity index (χ2v) is 8.43. The Balaban J connectivity index is 0. The van der Waals surface area contributed by atoms with Crippen molar-refractivity contribution in [3.05, 3.63) is 6.92 Å². The zero-order valence-corrected chi connectivity index (χ0v) is 9.04. The number of hydrogen-bond donors (Lipinski definition) is 0. The SMILES string of the molecule is [CH2-]C[Si](CC)(CC)CC.[Li+]. The van der Waals surface area contributed by atoms with E-state index in [0.717, 1.165) is 0 Å². The van der Waals surface area contributed by atoms with Gasteiger partial charge in [0.2, 0.25) is 0 Å². The average molecular weight is 150 g/mol. The fourth-order valence-corrected chi connectivity index (χ4v) is 3.84. The van der Waals surface area contributed by atoms with Crippen molar-refractivity contribution < 1.29 is 18.9 Å². The minimum atomic E-state index is -0.802. The van der Waals surface area contributed by atoms with E-state index in [1.54, 1.807) is 0 Å². The van der Waals surface area contributed by atoms with Crippen molar-refractivity contribution in [2.45, 2.75) is 44.9 Å². The van der Waals surface area contributed by atoms with Crippen molar-refractivity contribution in [2.75, 3.05) is 0 Å². The molecule has 0 saturated heterocycles. The first kappa shape index (κ1) is 13.4. The molecule has 0 aliphatic carbocycles. The van der Waals surface area contributed by atoms with E-state index >= 15 is 0 Å². The van der Waals surface area contributed by atoms with Gasteiger partial charge in [0.25, 0.3) is 0 Å². The zero-order valence-electron chi connectivity index (χ0n) is 8.04. The first-order valence-electron chi connectivity index (χ1n) is 4.04. The molecule has 56 valence electrons. The van der Waals surface area contributed by atoms with Crippen LogP contribution in [0.5, 0.6) is 0 Å². The molecular weight excluding hydrogens is 131 g/mol. The molecule has 10 heavy (non-hydrogen) atoms. The summed E-state index contributed by atoms with van der Waals surface area (Å²) in [5.41, 5.74) is 0. The molecule has 0 radical (unpaired) electrons. The molecule has 0 atom stereocenters. The Morgan fingerprint density at radius 1 is 1.00 bits per heavy atom. The van der Waals surface area contributed by atoms with Crippen molar-refractivity contribution >= 4 is 8.07 Å². The van der Waals surface area contributed by atoms with Crippen LogP contribution >= 0.6 is 0 Å². The second kappa shape index (κ2) is 6.52. The maximum absolute atomic E-state index is 4.03. The van der Waals surface area contributed by atoms with E-state index in [9.17, 15) is 0 Å². The van der Waals surface area contributed by atoms with Crippen molar-refractivity contribution in [2.24, 2.45) is 0 Å². The summed E-state index contributed by atoms with van der Waals surface area (Å²) in [5, 5.41) is 0. The fourth-order valence-electron chi connectivity index (χ4n) is 1.28. The van der Waals surface area contributed by atoms with Gasteiger partial charge < -0.3 is 6.92 Å². The van der Waals surface area contributed by atoms with Gasteiger partial charge in [-0.1, -0.05) is 38.9 Å². The van der Waals surface area contributed by atoms with Crippen molar-refractivity contribution in [3.63, 3.8) is 0 Å². The molecule has 0 aliphatic rings. The van der Waals surface area contributed by atoms with Gasteiger partial charge in [-0.15, -0.1) is 0 Å². The number of hydrogen-bond acceptors (Lipinski definition) is 0. The van der Waals surface area contributed by atoms with Crippen LogP contribution in [0.4, 0.5) is 0 Å². The topological polar surface area (TPSA) is 0 Å². The maximum atomic E-state index is 4.03. The standard InChI is InChI=1S/C8H19Si.Li/c1-5-9(6-2,7-3)8-4;/h1,5-8H2,2-4H3;/q-1;+1. The maximum Gasteiger partial charge on any atom is 1.00 e. The first-order valence-corrected chi connectivity index (χ1v) is 6.86. The molecule has 0 aliphatic heterocycles. The van der Waals surface area contributed by atoms with Crippen LogP contribution in [0.15, 0.2) is 0 Å². The third-order valence-electron chi connectivity index (χ3n) is 2.78. The summed E-state index contributed by atoms with van der Waals surface area (Å²) < 4.78 is 0. The Hall–Kier alpha value is 0.814. The Kier molecular flexibility index (Phi) is 8.74. The quantitative estimate of drug-likeness (QED) is 0.400. The smallest absolute Gasteiger partial charge is 0.346 e. The molecule has 0 nitrogen and oxygen atoms in total. The summed E-state index contributed by atoms with van der Waals surface area (Å²) in [6.45, 7) is 11.0. The van der Waals surface area contributed by atoms with Gasteiger partial charge >= 0.3 is 18.9 Å². The third kappa shape index (κ3) is 3.28. The molecule has 0 N–H and O–H groups in total. The zero-order chi connectivity index (χ0) is 7.33. The predicted octanol–water partition coefficient (Wildman–Crippen LogP) is 0.333. The van der Waals surface area contributed by atoms with Crippen LogP contribution in [0.3, 0.4) is 0 Å². The molecule has 2 heteroatoms. The van der Waals surface area contributed by atoms with Crippen LogP contribution in [0.25, 0.3) is 0 Å². The predicted molar refractivity (Wildman–Crippen MR) is 47.4 cm³/mol. The van der Waals surface area contributed by atoms with E-state index < -0.39 is 8.07 Å². The molecule has 0 aromatic rings. The minimum absolute atomic E-state index is 0. The molecular formula is C8H19LiSi. The summed E-state index contributed by atoms with van der Waals surface area (Å²) in [6, 6.07) is 5.49. The van der Waals surface area contributed by atoms with Crippen LogP contribution in [-0.2, 0) is 0 Å². The Morgan fingerprint density at radius 2 is 1.30 bits per heavy atom. The fraction of sp³-hybridized carbons (Fsp3) is 0.875. The summed E-state index contributed by atoms with van der Waals surface area (Å²) in [7, 11) is -0.802. The van der Waals surface area contributed by atoms with Crippen molar-refractivity contribution in [3.8, 4) is 0 Å². The molecule has 0 rings (SSSR count). The molecule has 0 amide bonds. The summed E-state index contributed by atoms with van der Waals surface area (Å²) in [4.78, 5) is 0. The van der Waals surface area contributed by atoms with Crippen LogP contribution < -0.4 is 18.9 Å². The average Bonchev–Trinajstić information content (AvgIpc) is 1.95. The molecule has 0 aromatic carbocycles. The molecule has 0 aromatic heterocycles. The van der Waals surface area contributed by atoms with Gasteiger partial charge in [0.15, 0.2) is 0 Å². The Morgan fingerprint density at radius 3 is 1.30 bits per heavy atom. The van der Waals surface area contributed by atoms with Crippen LogP contribution in [0, 0.1) is 6.92 Å². The number of rotatable bonds is 4. The van der Waals surface area contributed by atoms with Crippen molar-refractivity contribution in [1.29, 1.82) is 0 Å². The molecule has 0 unspecified atom stereocenters. The normalized spacial score (nSPS) is 10.8. The monoisotopic (exact) mass is 150 g/mol. The van der Waals surface area contributed by atoms with Gasteiger partial charge in [-0.2, -0.15) is 6.04 Å². The first-order chi connectivity index (χ1) is 4.24. The van der Waals surface area contributed by atoms with Gasteiger partial charge in [0.1, 0.15) is 0 Å². The van der Waals surface area contributed by atoms with E-state index in [1.165, 1.54) is 24.2 Å². The van der Waals surface area contributed by atoms with E-state index in [4.69, 9.17) is 0 Å².